The second kappa shape index (κ2) is 8.64. The van der Waals surface area contributed by atoms with Crippen molar-refractivity contribution >= 4 is 17.5 Å². The molecule has 2 N–H and O–H groups in total. The summed E-state index contributed by atoms with van der Waals surface area (Å²) in [4.78, 5) is 28.3. The number of hydrogen-bond acceptors (Lipinski definition) is 4. The fraction of sp³-hybridized carbons (Fsp3) is 0.238. The van der Waals surface area contributed by atoms with Gasteiger partial charge in [0.2, 0.25) is 5.91 Å². The first-order valence-electron chi connectivity index (χ1n) is 9.11. The highest BCUT2D eigenvalue weighted by Gasteiger charge is 2.22. The van der Waals surface area contributed by atoms with Gasteiger partial charge in [0, 0.05) is 24.4 Å². The highest BCUT2D eigenvalue weighted by atomic mass is 19.1. The van der Waals surface area contributed by atoms with Crippen molar-refractivity contribution in [3.8, 4) is 0 Å². The second-order valence-electron chi connectivity index (χ2n) is 7.27. The Hall–Kier alpha value is -3.55. The van der Waals surface area contributed by atoms with Gasteiger partial charge in [0.1, 0.15) is 18.1 Å². The molecule has 0 saturated carbocycles. The van der Waals surface area contributed by atoms with Crippen molar-refractivity contribution in [2.75, 3.05) is 11.9 Å². The summed E-state index contributed by atoms with van der Waals surface area (Å²) >= 11 is 0. The third-order valence-electron chi connectivity index (χ3n) is 4.43. The lowest BCUT2D eigenvalue weighted by Crippen LogP contribution is -2.38. The summed E-state index contributed by atoms with van der Waals surface area (Å²) in [7, 11) is 0. The minimum absolute atomic E-state index is 0.00130. The quantitative estimate of drug-likeness (QED) is 0.644. The van der Waals surface area contributed by atoms with Gasteiger partial charge in [0.15, 0.2) is 0 Å². The molecule has 3 rings (SSSR count). The molecule has 3 aromatic rings. The van der Waals surface area contributed by atoms with Gasteiger partial charge in [0.25, 0.3) is 5.91 Å². The topological polar surface area (TPSA) is 88.9 Å². The average Bonchev–Trinajstić information content (AvgIpc) is 3.14. The van der Waals surface area contributed by atoms with Crippen molar-refractivity contribution in [1.29, 1.82) is 0 Å². The molecule has 2 aromatic heterocycles. The van der Waals surface area contributed by atoms with Gasteiger partial charge in [-0.2, -0.15) is 5.10 Å². The van der Waals surface area contributed by atoms with Crippen LogP contribution in [0.25, 0.3) is 0 Å². The van der Waals surface area contributed by atoms with E-state index in [1.165, 1.54) is 29.2 Å². The zero-order valence-electron chi connectivity index (χ0n) is 16.2. The zero-order valence-corrected chi connectivity index (χ0v) is 16.2. The van der Waals surface area contributed by atoms with Crippen LogP contribution in [0.15, 0.2) is 61.1 Å². The average molecular weight is 395 g/mol. The first-order valence-corrected chi connectivity index (χ1v) is 9.11. The summed E-state index contributed by atoms with van der Waals surface area (Å²) in [6.45, 7) is 4.21. The van der Waals surface area contributed by atoms with E-state index in [1.807, 2.05) is 19.9 Å². The SMILES string of the molecule is CC(C)(CNC(=O)Cn1cc(NC(=O)c2ccccn2)cn1)c1cccc(F)c1. The van der Waals surface area contributed by atoms with Crippen LogP contribution < -0.4 is 10.6 Å². The molecule has 0 aliphatic heterocycles. The Balaban J connectivity index is 1.53. The van der Waals surface area contributed by atoms with E-state index in [1.54, 1.807) is 30.5 Å². The highest BCUT2D eigenvalue weighted by molar-refractivity contribution is 6.02. The Morgan fingerprint density at radius 3 is 2.72 bits per heavy atom. The van der Waals surface area contributed by atoms with E-state index in [4.69, 9.17) is 0 Å². The maximum atomic E-state index is 13.5. The van der Waals surface area contributed by atoms with Crippen molar-refractivity contribution < 1.29 is 14.0 Å². The molecule has 0 saturated heterocycles. The number of nitrogens with one attached hydrogen (secondary N) is 2. The second-order valence-corrected chi connectivity index (χ2v) is 7.27. The molecule has 0 radical (unpaired) electrons. The molecule has 1 aromatic carbocycles. The maximum absolute atomic E-state index is 13.5. The van der Waals surface area contributed by atoms with E-state index in [2.05, 4.69) is 20.7 Å². The van der Waals surface area contributed by atoms with Crippen LogP contribution >= 0.6 is 0 Å². The molecule has 150 valence electrons. The smallest absolute Gasteiger partial charge is 0.274 e. The summed E-state index contributed by atoms with van der Waals surface area (Å²) in [5.41, 5.74) is 1.13. The van der Waals surface area contributed by atoms with Gasteiger partial charge < -0.3 is 10.6 Å². The Morgan fingerprint density at radius 1 is 1.17 bits per heavy atom. The van der Waals surface area contributed by atoms with E-state index < -0.39 is 5.41 Å². The van der Waals surface area contributed by atoms with Gasteiger partial charge in [-0.25, -0.2) is 4.39 Å². The molecule has 0 atom stereocenters. The Morgan fingerprint density at radius 2 is 2.00 bits per heavy atom. The van der Waals surface area contributed by atoms with E-state index in [0.717, 1.165) is 5.56 Å². The van der Waals surface area contributed by atoms with Crippen molar-refractivity contribution in [3.05, 3.63) is 78.1 Å². The molecular weight excluding hydrogens is 373 g/mol. The third kappa shape index (κ3) is 5.47. The van der Waals surface area contributed by atoms with Crippen LogP contribution in [0.4, 0.5) is 10.1 Å². The number of anilines is 1. The molecule has 2 amide bonds. The van der Waals surface area contributed by atoms with E-state index in [0.29, 0.717) is 12.2 Å². The van der Waals surface area contributed by atoms with Crippen LogP contribution in [0.2, 0.25) is 0 Å². The van der Waals surface area contributed by atoms with Crippen molar-refractivity contribution in [2.45, 2.75) is 25.8 Å². The van der Waals surface area contributed by atoms with Crippen molar-refractivity contribution in [1.82, 2.24) is 20.1 Å². The Labute approximate surface area is 168 Å². The zero-order chi connectivity index (χ0) is 20.9. The molecule has 0 bridgehead atoms. The van der Waals surface area contributed by atoms with Gasteiger partial charge in [0.05, 0.1) is 11.9 Å². The normalized spacial score (nSPS) is 11.1. The molecule has 29 heavy (non-hydrogen) atoms. The number of rotatable bonds is 7. The number of hydrogen-bond donors (Lipinski definition) is 2. The Bertz CT molecular complexity index is 1000. The Kier molecular flexibility index (Phi) is 6.01. The van der Waals surface area contributed by atoms with Crippen molar-refractivity contribution in [3.63, 3.8) is 0 Å². The standard InChI is InChI=1S/C21H22FN5O2/c1-21(2,15-6-5-7-16(22)10-15)14-24-19(28)13-27-12-17(11-25-27)26-20(29)18-8-3-4-9-23-18/h3-12H,13-14H2,1-2H3,(H,24,28)(H,26,29). The van der Waals surface area contributed by atoms with Crippen LogP contribution in [0, 0.1) is 5.82 Å². The lowest BCUT2D eigenvalue weighted by atomic mass is 9.84. The van der Waals surface area contributed by atoms with Gasteiger partial charge in [-0.15, -0.1) is 0 Å². The largest absolute Gasteiger partial charge is 0.354 e. The number of aromatic nitrogens is 3. The van der Waals surface area contributed by atoms with E-state index in [9.17, 15) is 14.0 Å². The molecule has 7 nitrogen and oxygen atoms in total. The first kappa shape index (κ1) is 20.2. The summed E-state index contributed by atoms with van der Waals surface area (Å²) in [6.07, 6.45) is 4.57. The summed E-state index contributed by atoms with van der Waals surface area (Å²) in [5, 5.41) is 9.62. The molecule has 2 heterocycles. The van der Waals surface area contributed by atoms with Gasteiger partial charge in [-0.1, -0.05) is 32.0 Å². The fourth-order valence-corrected chi connectivity index (χ4v) is 2.74. The summed E-state index contributed by atoms with van der Waals surface area (Å²) in [5.74, 6) is -0.898. The number of nitrogens with zero attached hydrogens (tertiary/aromatic N) is 3. The lowest BCUT2D eigenvalue weighted by molar-refractivity contribution is -0.122. The highest BCUT2D eigenvalue weighted by Crippen LogP contribution is 2.22. The first-order chi connectivity index (χ1) is 13.8. The number of pyridine rings is 1. The number of halogens is 1. The minimum atomic E-state index is -0.427. The van der Waals surface area contributed by atoms with Gasteiger partial charge >= 0.3 is 0 Å². The molecule has 0 fully saturated rings. The lowest BCUT2D eigenvalue weighted by Gasteiger charge is -2.25. The van der Waals surface area contributed by atoms with Crippen LogP contribution in [-0.2, 0) is 16.8 Å². The minimum Gasteiger partial charge on any atom is -0.354 e. The number of amides is 2. The van der Waals surface area contributed by atoms with E-state index >= 15 is 0 Å². The predicted octanol–water partition coefficient (Wildman–Crippen LogP) is 2.76. The molecule has 0 unspecified atom stereocenters. The summed E-state index contributed by atoms with van der Waals surface area (Å²) < 4.78 is 14.9. The van der Waals surface area contributed by atoms with Crippen LogP contribution in [-0.4, -0.2) is 33.1 Å². The van der Waals surface area contributed by atoms with Gasteiger partial charge in [-0.3, -0.25) is 19.3 Å². The molecule has 8 heteroatoms. The maximum Gasteiger partial charge on any atom is 0.274 e. The van der Waals surface area contributed by atoms with Crippen LogP contribution in [0.3, 0.4) is 0 Å². The number of benzene rings is 1. The number of carbonyl (C=O) groups excluding carboxylic acids is 2. The van der Waals surface area contributed by atoms with E-state index in [-0.39, 0.29) is 29.9 Å². The third-order valence-corrected chi connectivity index (χ3v) is 4.43. The molecule has 0 aliphatic carbocycles. The fourth-order valence-electron chi connectivity index (χ4n) is 2.74. The van der Waals surface area contributed by atoms with Crippen molar-refractivity contribution in [2.24, 2.45) is 0 Å². The number of carbonyl (C=O) groups is 2. The molecule has 0 aliphatic rings. The van der Waals surface area contributed by atoms with Crippen LogP contribution in [0.5, 0.6) is 0 Å². The van der Waals surface area contributed by atoms with Gasteiger partial charge in [-0.05, 0) is 29.8 Å². The van der Waals surface area contributed by atoms with Crippen LogP contribution in [0.1, 0.15) is 29.9 Å². The summed E-state index contributed by atoms with van der Waals surface area (Å²) in [6, 6.07) is 11.4. The predicted molar refractivity (Wildman–Crippen MR) is 107 cm³/mol. The molecule has 0 spiro atoms. The monoisotopic (exact) mass is 395 g/mol. The molecular formula is C21H22FN5O2.